The van der Waals surface area contributed by atoms with Gasteiger partial charge in [0.15, 0.2) is 0 Å². The topological polar surface area (TPSA) is 23.6 Å². The minimum absolute atomic E-state index is 0.213. The van der Waals surface area contributed by atoms with Crippen molar-refractivity contribution in [3.63, 3.8) is 0 Å². The van der Waals surface area contributed by atoms with Gasteiger partial charge in [0.2, 0.25) is 0 Å². The number of hydrogen-bond donors (Lipinski definition) is 0. The van der Waals surface area contributed by atoms with Gasteiger partial charge in [-0.3, -0.25) is 4.79 Å². The third-order valence-electron chi connectivity index (χ3n) is 5.35. The minimum atomic E-state index is 0.213. The van der Waals surface area contributed by atoms with Crippen LogP contribution in [0.2, 0.25) is 0 Å². The van der Waals surface area contributed by atoms with Crippen LogP contribution in [0.15, 0.2) is 29.0 Å². The highest BCUT2D eigenvalue weighted by Gasteiger charge is 2.25. The fourth-order valence-electron chi connectivity index (χ4n) is 3.53. The highest BCUT2D eigenvalue weighted by atomic mass is 32.1. The van der Waals surface area contributed by atoms with Gasteiger partial charge in [-0.1, -0.05) is 6.07 Å². The maximum Gasteiger partial charge on any atom is 0.254 e. The summed E-state index contributed by atoms with van der Waals surface area (Å²) >= 11 is 1.76. The Balaban J connectivity index is 1.47. The van der Waals surface area contributed by atoms with Crippen LogP contribution in [-0.4, -0.2) is 48.9 Å². The smallest absolute Gasteiger partial charge is 0.254 e. The molecule has 25 heavy (non-hydrogen) atoms. The number of fused-ring (bicyclic) bond motifs is 1. The summed E-state index contributed by atoms with van der Waals surface area (Å²) in [6.45, 7) is 8.08. The largest absolute Gasteiger partial charge is 0.338 e. The van der Waals surface area contributed by atoms with Gasteiger partial charge in [-0.05, 0) is 91.8 Å². The zero-order valence-electron chi connectivity index (χ0n) is 15.5. The number of aryl methyl sites for hydroxylation is 1. The number of thiophene rings is 1. The molecule has 1 amide bonds. The van der Waals surface area contributed by atoms with E-state index in [1.165, 1.54) is 22.3 Å². The van der Waals surface area contributed by atoms with Crippen LogP contribution in [-0.2, 0) is 12.8 Å². The predicted molar refractivity (Wildman–Crippen MR) is 106 cm³/mol. The van der Waals surface area contributed by atoms with Gasteiger partial charge < -0.3 is 9.80 Å². The third kappa shape index (κ3) is 4.31. The highest BCUT2D eigenvalue weighted by Crippen LogP contribution is 2.24. The minimum Gasteiger partial charge on any atom is -0.338 e. The van der Waals surface area contributed by atoms with Crippen molar-refractivity contribution in [3.8, 4) is 0 Å². The lowest BCUT2D eigenvalue weighted by atomic mass is 9.91. The van der Waals surface area contributed by atoms with Crippen molar-refractivity contribution in [2.24, 2.45) is 0 Å². The Morgan fingerprint density at radius 3 is 2.80 bits per heavy atom. The number of carbonyl (C=O) groups excluding carboxylic acids is 1. The van der Waals surface area contributed by atoms with Gasteiger partial charge in [-0.15, -0.1) is 0 Å². The fourth-order valence-corrected chi connectivity index (χ4v) is 4.23. The summed E-state index contributed by atoms with van der Waals surface area (Å²) in [5, 5.41) is 4.36. The van der Waals surface area contributed by atoms with Gasteiger partial charge in [-0.25, -0.2) is 0 Å². The Bertz CT molecular complexity index is 724. The summed E-state index contributed by atoms with van der Waals surface area (Å²) in [5.74, 6) is 0.213. The molecule has 1 aliphatic rings. The van der Waals surface area contributed by atoms with Crippen molar-refractivity contribution in [1.82, 2.24) is 9.80 Å². The van der Waals surface area contributed by atoms with Crippen LogP contribution >= 0.6 is 11.3 Å². The van der Waals surface area contributed by atoms with Crippen molar-refractivity contribution in [2.45, 2.75) is 33.1 Å². The lowest BCUT2D eigenvalue weighted by Crippen LogP contribution is -2.39. The molecule has 3 rings (SSSR count). The van der Waals surface area contributed by atoms with E-state index in [1.807, 2.05) is 11.0 Å². The molecular formula is C21H28N2OS. The first-order chi connectivity index (χ1) is 12.1. The van der Waals surface area contributed by atoms with Crippen LogP contribution in [0.3, 0.4) is 0 Å². The predicted octanol–water partition coefficient (Wildman–Crippen LogP) is 3.93. The van der Waals surface area contributed by atoms with E-state index < -0.39 is 0 Å². The monoisotopic (exact) mass is 356 g/mol. The van der Waals surface area contributed by atoms with Gasteiger partial charge in [0, 0.05) is 25.2 Å². The first kappa shape index (κ1) is 18.2. The fraction of sp³-hybridized carbons (Fsp3) is 0.476. The number of hydrogen-bond acceptors (Lipinski definition) is 3. The van der Waals surface area contributed by atoms with Crippen molar-refractivity contribution >= 4 is 17.2 Å². The van der Waals surface area contributed by atoms with Crippen LogP contribution in [0.25, 0.3) is 0 Å². The molecule has 134 valence electrons. The molecule has 0 fully saturated rings. The second kappa shape index (κ2) is 8.15. The molecule has 0 unspecified atom stereocenters. The lowest BCUT2D eigenvalue weighted by Gasteiger charge is -2.30. The van der Waals surface area contributed by atoms with E-state index in [4.69, 9.17) is 0 Å². The molecule has 1 aromatic heterocycles. The number of benzene rings is 1. The van der Waals surface area contributed by atoms with Crippen LogP contribution < -0.4 is 0 Å². The molecule has 0 saturated heterocycles. The number of likely N-dealkylation sites (N-methyl/N-ethyl adjacent to an activating group) is 1. The van der Waals surface area contributed by atoms with E-state index >= 15 is 0 Å². The van der Waals surface area contributed by atoms with E-state index in [0.29, 0.717) is 0 Å². The van der Waals surface area contributed by atoms with Crippen LogP contribution in [0, 0.1) is 13.8 Å². The zero-order valence-corrected chi connectivity index (χ0v) is 16.4. The van der Waals surface area contributed by atoms with Crippen molar-refractivity contribution in [3.05, 3.63) is 56.8 Å². The van der Waals surface area contributed by atoms with Gasteiger partial charge in [-0.2, -0.15) is 11.3 Å². The Labute approximate surface area is 155 Å². The van der Waals surface area contributed by atoms with Crippen LogP contribution in [0.5, 0.6) is 0 Å². The first-order valence-electron chi connectivity index (χ1n) is 9.14. The summed E-state index contributed by atoms with van der Waals surface area (Å²) < 4.78 is 0. The normalized spacial score (nSPS) is 14.2. The van der Waals surface area contributed by atoms with E-state index in [0.717, 1.165) is 51.0 Å². The van der Waals surface area contributed by atoms with Gasteiger partial charge in [0.1, 0.15) is 0 Å². The Hall–Kier alpha value is -1.65. The maximum absolute atomic E-state index is 12.8. The summed E-state index contributed by atoms with van der Waals surface area (Å²) in [6.07, 6.45) is 3.13. The SMILES string of the molecule is Cc1ccc2c(c1C)CCN(CCCN(C)CCc1ccsc1)C2=O. The molecule has 0 saturated carbocycles. The first-order valence-corrected chi connectivity index (χ1v) is 10.1. The lowest BCUT2D eigenvalue weighted by molar-refractivity contribution is 0.0733. The molecule has 0 N–H and O–H groups in total. The molecule has 4 heteroatoms. The molecular weight excluding hydrogens is 328 g/mol. The Morgan fingerprint density at radius 2 is 2.04 bits per heavy atom. The molecule has 0 bridgehead atoms. The van der Waals surface area contributed by atoms with Crippen molar-refractivity contribution in [2.75, 3.05) is 33.2 Å². The Kier molecular flexibility index (Phi) is 5.92. The molecule has 2 heterocycles. The number of nitrogens with zero attached hydrogens (tertiary/aromatic N) is 2. The summed E-state index contributed by atoms with van der Waals surface area (Å²) in [4.78, 5) is 17.2. The number of rotatable bonds is 7. The molecule has 0 spiro atoms. The molecule has 2 aromatic rings. The third-order valence-corrected chi connectivity index (χ3v) is 6.08. The quantitative estimate of drug-likeness (QED) is 0.750. The second-order valence-corrected chi connectivity index (χ2v) is 7.89. The van der Waals surface area contributed by atoms with E-state index in [2.05, 4.69) is 48.7 Å². The van der Waals surface area contributed by atoms with Gasteiger partial charge in [0.05, 0.1) is 0 Å². The van der Waals surface area contributed by atoms with E-state index in [9.17, 15) is 4.79 Å². The highest BCUT2D eigenvalue weighted by molar-refractivity contribution is 7.07. The molecule has 0 atom stereocenters. The number of carbonyl (C=O) groups is 1. The Morgan fingerprint density at radius 1 is 1.20 bits per heavy atom. The van der Waals surface area contributed by atoms with Crippen molar-refractivity contribution < 1.29 is 4.79 Å². The average Bonchev–Trinajstić information content (AvgIpc) is 3.12. The molecule has 3 nitrogen and oxygen atoms in total. The van der Waals surface area contributed by atoms with Crippen LogP contribution in [0.1, 0.15) is 39.0 Å². The van der Waals surface area contributed by atoms with E-state index in [1.54, 1.807) is 11.3 Å². The zero-order chi connectivity index (χ0) is 17.8. The molecule has 0 aliphatic carbocycles. The van der Waals surface area contributed by atoms with Gasteiger partial charge >= 0.3 is 0 Å². The van der Waals surface area contributed by atoms with Crippen molar-refractivity contribution in [1.29, 1.82) is 0 Å². The number of amides is 1. The summed E-state index contributed by atoms with van der Waals surface area (Å²) in [7, 11) is 2.17. The standard InChI is InChI=1S/C21H28N2OS/c1-16-5-6-20-19(17(16)2)8-13-23(21(20)24)11-4-10-22(3)12-7-18-9-14-25-15-18/h5-6,9,14-15H,4,7-8,10-13H2,1-3H3. The second-order valence-electron chi connectivity index (χ2n) is 7.11. The van der Waals surface area contributed by atoms with Crippen LogP contribution in [0.4, 0.5) is 0 Å². The molecule has 0 radical (unpaired) electrons. The van der Waals surface area contributed by atoms with E-state index in [-0.39, 0.29) is 5.91 Å². The molecule has 1 aliphatic heterocycles. The summed E-state index contributed by atoms with van der Waals surface area (Å²) in [6, 6.07) is 6.29. The molecule has 1 aromatic carbocycles. The van der Waals surface area contributed by atoms with Gasteiger partial charge in [0.25, 0.3) is 5.91 Å². The maximum atomic E-state index is 12.8. The average molecular weight is 357 g/mol. The summed E-state index contributed by atoms with van der Waals surface area (Å²) in [5.41, 5.74) is 6.17.